The summed E-state index contributed by atoms with van der Waals surface area (Å²) in [4.78, 5) is 16.1. The largest absolute Gasteiger partial charge is 0.508 e. The summed E-state index contributed by atoms with van der Waals surface area (Å²) in [7, 11) is 0. The number of nitrogens with zero attached hydrogens (tertiary/aromatic N) is 1. The smallest absolute Gasteiger partial charge is 0.278 e. The summed E-state index contributed by atoms with van der Waals surface area (Å²) in [5.41, 5.74) is 2.04. The van der Waals surface area contributed by atoms with Crippen molar-refractivity contribution in [1.29, 1.82) is 0 Å². The molecule has 1 heterocycles. The number of carbonyl (C=O) groups excluding carboxylic acids is 1. The molecule has 6 heteroatoms. The maximum atomic E-state index is 12.5. The zero-order valence-corrected chi connectivity index (χ0v) is 15.7. The number of nitrogens with one attached hydrogen (secondary N) is 2. The Morgan fingerprint density at radius 2 is 1.85 bits per heavy atom. The number of aromatic hydroxyl groups is 1. The molecule has 3 N–H and O–H groups in total. The van der Waals surface area contributed by atoms with E-state index in [1.165, 1.54) is 4.90 Å². The number of phenolic OH excluding ortho intramolecular Hbond substituents is 1. The lowest BCUT2D eigenvalue weighted by Gasteiger charge is -2.36. The van der Waals surface area contributed by atoms with Crippen LogP contribution in [0.4, 0.5) is 5.69 Å². The van der Waals surface area contributed by atoms with Crippen molar-refractivity contribution in [3.8, 4) is 5.75 Å². The molecule has 1 aliphatic heterocycles. The van der Waals surface area contributed by atoms with E-state index in [0.717, 1.165) is 37.4 Å². The quantitative estimate of drug-likeness (QED) is 0.742. The second-order valence-electron chi connectivity index (χ2n) is 6.69. The molecule has 1 fully saturated rings. The van der Waals surface area contributed by atoms with Gasteiger partial charge < -0.3 is 20.2 Å². The molecule has 0 radical (unpaired) electrons. The number of quaternary nitrogens is 1. The third kappa shape index (κ3) is 4.48. The van der Waals surface area contributed by atoms with E-state index in [-0.39, 0.29) is 17.7 Å². The van der Waals surface area contributed by atoms with Crippen LogP contribution in [0.1, 0.15) is 12.5 Å². The minimum Gasteiger partial charge on any atom is -0.508 e. The Morgan fingerprint density at radius 1 is 1.19 bits per heavy atom. The number of benzene rings is 2. The van der Waals surface area contributed by atoms with Gasteiger partial charge in [0.25, 0.3) is 5.91 Å². The molecule has 26 heavy (non-hydrogen) atoms. The van der Waals surface area contributed by atoms with Gasteiger partial charge >= 0.3 is 0 Å². The van der Waals surface area contributed by atoms with Gasteiger partial charge in [0.15, 0.2) is 6.04 Å². The molecule has 1 aliphatic rings. The normalized spacial score (nSPS) is 16.3. The van der Waals surface area contributed by atoms with Gasteiger partial charge in [0.05, 0.1) is 26.2 Å². The molecular formula is C20H25ClN3O2+. The first-order valence-electron chi connectivity index (χ1n) is 8.94. The molecule has 0 aliphatic carbocycles. The third-order valence-electron chi connectivity index (χ3n) is 5.04. The first kappa shape index (κ1) is 18.5. The van der Waals surface area contributed by atoms with Crippen LogP contribution in [-0.4, -0.2) is 43.2 Å². The fraction of sp³-hybridized carbons (Fsp3) is 0.350. The topological polar surface area (TPSA) is 57.0 Å². The van der Waals surface area contributed by atoms with Gasteiger partial charge in [0.1, 0.15) is 5.75 Å². The van der Waals surface area contributed by atoms with E-state index in [1.807, 2.05) is 43.3 Å². The molecule has 1 amide bonds. The van der Waals surface area contributed by atoms with Crippen LogP contribution in [0.3, 0.4) is 0 Å². The molecule has 3 rings (SSSR count). The van der Waals surface area contributed by atoms with E-state index in [1.54, 1.807) is 12.1 Å². The Labute approximate surface area is 159 Å². The first-order chi connectivity index (χ1) is 12.5. The van der Waals surface area contributed by atoms with Crippen molar-refractivity contribution in [2.45, 2.75) is 19.5 Å². The Morgan fingerprint density at radius 3 is 2.50 bits per heavy atom. The summed E-state index contributed by atoms with van der Waals surface area (Å²) in [5, 5.41) is 13.1. The lowest BCUT2D eigenvalue weighted by atomic mass is 10.1. The average Bonchev–Trinajstić information content (AvgIpc) is 2.67. The summed E-state index contributed by atoms with van der Waals surface area (Å²) >= 11 is 6.14. The van der Waals surface area contributed by atoms with E-state index in [2.05, 4.69) is 10.2 Å². The van der Waals surface area contributed by atoms with Crippen molar-refractivity contribution in [3.63, 3.8) is 0 Å². The fourth-order valence-electron chi connectivity index (χ4n) is 3.31. The number of rotatable bonds is 5. The number of halogens is 1. The molecule has 0 aromatic heterocycles. The summed E-state index contributed by atoms with van der Waals surface area (Å²) < 4.78 is 0. The van der Waals surface area contributed by atoms with Crippen LogP contribution in [0.15, 0.2) is 48.5 Å². The number of piperazine rings is 1. The maximum absolute atomic E-state index is 12.5. The van der Waals surface area contributed by atoms with E-state index in [9.17, 15) is 9.90 Å². The number of hydrogen-bond donors (Lipinski definition) is 3. The Bertz CT molecular complexity index is 743. The van der Waals surface area contributed by atoms with E-state index >= 15 is 0 Å². The average molecular weight is 375 g/mol. The molecule has 2 aromatic rings. The highest BCUT2D eigenvalue weighted by molar-refractivity contribution is 6.31. The van der Waals surface area contributed by atoms with E-state index in [0.29, 0.717) is 11.6 Å². The predicted molar refractivity (Wildman–Crippen MR) is 104 cm³/mol. The molecule has 0 spiro atoms. The number of anilines is 1. The van der Waals surface area contributed by atoms with Gasteiger partial charge in [-0.1, -0.05) is 29.8 Å². The van der Waals surface area contributed by atoms with Crippen LogP contribution >= 0.6 is 11.6 Å². The van der Waals surface area contributed by atoms with Crippen LogP contribution in [0.25, 0.3) is 0 Å². The number of phenols is 1. The highest BCUT2D eigenvalue weighted by atomic mass is 35.5. The molecule has 0 unspecified atom stereocenters. The summed E-state index contributed by atoms with van der Waals surface area (Å²) in [6.07, 6.45) is 0. The summed E-state index contributed by atoms with van der Waals surface area (Å²) in [6.45, 7) is 6.02. The zero-order valence-electron chi connectivity index (χ0n) is 14.9. The minimum atomic E-state index is -0.0977. The lowest BCUT2D eigenvalue weighted by Crippen LogP contribution is -3.19. The minimum absolute atomic E-state index is 0.0537. The van der Waals surface area contributed by atoms with Crippen LogP contribution in [-0.2, 0) is 11.3 Å². The Hall–Kier alpha value is -2.24. The number of hydrogen-bond acceptors (Lipinski definition) is 3. The van der Waals surface area contributed by atoms with Crippen LogP contribution in [0.5, 0.6) is 5.75 Å². The fourth-order valence-corrected chi connectivity index (χ4v) is 3.51. The highest BCUT2D eigenvalue weighted by Gasteiger charge is 2.29. The molecule has 1 saturated heterocycles. The molecule has 1 atom stereocenters. The van der Waals surface area contributed by atoms with Crippen LogP contribution in [0.2, 0.25) is 5.02 Å². The van der Waals surface area contributed by atoms with Gasteiger partial charge in [-0.15, -0.1) is 0 Å². The van der Waals surface area contributed by atoms with Crippen molar-refractivity contribution < 1.29 is 14.8 Å². The molecule has 5 nitrogen and oxygen atoms in total. The molecule has 0 saturated carbocycles. The molecule has 0 bridgehead atoms. The maximum Gasteiger partial charge on any atom is 0.278 e. The van der Waals surface area contributed by atoms with Gasteiger partial charge in [-0.3, -0.25) is 4.79 Å². The second-order valence-corrected chi connectivity index (χ2v) is 7.10. The highest BCUT2D eigenvalue weighted by Crippen LogP contribution is 2.18. The SMILES string of the molecule is C[C@H](C(=O)NCc1ccccc1Cl)[NH+]1CCN(c2ccc(O)cc2)CC1. The van der Waals surface area contributed by atoms with Crippen LogP contribution < -0.4 is 15.1 Å². The Balaban J connectivity index is 1.49. The summed E-state index contributed by atoms with van der Waals surface area (Å²) in [6, 6.07) is 14.7. The molecule has 138 valence electrons. The van der Waals surface area contributed by atoms with E-state index < -0.39 is 0 Å². The summed E-state index contributed by atoms with van der Waals surface area (Å²) in [5.74, 6) is 0.333. The standard InChI is InChI=1S/C20H24ClN3O2/c1-15(20(26)22-14-16-4-2-3-5-19(16)21)23-10-12-24(13-11-23)17-6-8-18(25)9-7-17/h2-9,15,25H,10-14H2,1H3,(H,22,26)/p+1/t15-/m1/s1. The van der Waals surface area contributed by atoms with Gasteiger partial charge in [-0.25, -0.2) is 0 Å². The lowest BCUT2D eigenvalue weighted by molar-refractivity contribution is -0.914. The number of amides is 1. The number of carbonyl (C=O) groups is 1. The second kappa shape index (κ2) is 8.43. The van der Waals surface area contributed by atoms with Crippen molar-refractivity contribution in [3.05, 3.63) is 59.1 Å². The monoisotopic (exact) mass is 374 g/mol. The first-order valence-corrected chi connectivity index (χ1v) is 9.32. The van der Waals surface area contributed by atoms with Crippen molar-refractivity contribution in [2.24, 2.45) is 0 Å². The van der Waals surface area contributed by atoms with Crippen molar-refractivity contribution >= 4 is 23.2 Å². The molecule has 2 aromatic carbocycles. The van der Waals surface area contributed by atoms with Gasteiger partial charge in [0.2, 0.25) is 0 Å². The van der Waals surface area contributed by atoms with E-state index in [4.69, 9.17) is 11.6 Å². The van der Waals surface area contributed by atoms with Crippen LogP contribution in [0, 0.1) is 0 Å². The third-order valence-corrected chi connectivity index (χ3v) is 5.41. The van der Waals surface area contributed by atoms with Gasteiger partial charge in [-0.05, 0) is 42.8 Å². The zero-order chi connectivity index (χ0) is 18.5. The van der Waals surface area contributed by atoms with Gasteiger partial charge in [0, 0.05) is 17.3 Å². The van der Waals surface area contributed by atoms with Crippen molar-refractivity contribution in [1.82, 2.24) is 5.32 Å². The van der Waals surface area contributed by atoms with Crippen molar-refractivity contribution in [2.75, 3.05) is 31.1 Å². The Kier molecular flexibility index (Phi) is 6.01. The predicted octanol–water partition coefficient (Wildman–Crippen LogP) is 1.46. The molecular weight excluding hydrogens is 350 g/mol. The van der Waals surface area contributed by atoms with Gasteiger partial charge in [-0.2, -0.15) is 0 Å².